The Hall–Kier alpha value is -4.24. The third-order valence-electron chi connectivity index (χ3n) is 6.15. The molecule has 0 saturated heterocycles. The fourth-order valence-corrected chi connectivity index (χ4v) is 4.56. The van der Waals surface area contributed by atoms with Gasteiger partial charge in [0, 0.05) is 5.69 Å². The molecule has 4 N–H and O–H groups in total. The van der Waals surface area contributed by atoms with Crippen LogP contribution < -0.4 is 16.0 Å². The number of nitrogens with one attached hydrogen (secondary N) is 3. The standard InChI is InChI=1S/C31H36FN3O5/c1-17-13-18(2)26(19(3)14-17)35-30(39)33-25-16-22(21-9-8-10-23(32)15-21)11-12-24(25)28(36)34-27(29(37)38)20(4)40-31(5,6)7/h8-16,20,27H,1-7H3,(H,34,36)(H,37,38)(H2,33,35,39)/t20-,27+/m1/s1. The van der Waals surface area contributed by atoms with E-state index in [1.165, 1.54) is 18.2 Å². The minimum Gasteiger partial charge on any atom is -0.480 e. The van der Waals surface area contributed by atoms with Crippen molar-refractivity contribution in [3.05, 3.63) is 82.7 Å². The van der Waals surface area contributed by atoms with Gasteiger partial charge in [0.1, 0.15) is 5.82 Å². The van der Waals surface area contributed by atoms with Crippen LogP contribution in [0, 0.1) is 26.6 Å². The van der Waals surface area contributed by atoms with Crippen molar-refractivity contribution in [3.8, 4) is 11.1 Å². The van der Waals surface area contributed by atoms with Gasteiger partial charge in [-0.25, -0.2) is 14.0 Å². The summed E-state index contributed by atoms with van der Waals surface area (Å²) in [6.45, 7) is 12.6. The number of aryl methyl sites for hydroxylation is 3. The fraction of sp³-hybridized carbons (Fsp3) is 0.323. The number of ether oxygens (including phenoxy) is 1. The molecule has 0 fully saturated rings. The zero-order valence-electron chi connectivity index (χ0n) is 23.8. The van der Waals surface area contributed by atoms with E-state index in [2.05, 4.69) is 16.0 Å². The molecule has 3 aromatic carbocycles. The van der Waals surface area contributed by atoms with E-state index in [-0.39, 0.29) is 11.3 Å². The van der Waals surface area contributed by atoms with Crippen molar-refractivity contribution in [3.63, 3.8) is 0 Å². The van der Waals surface area contributed by atoms with Gasteiger partial charge in [0.2, 0.25) is 0 Å². The first-order chi connectivity index (χ1) is 18.6. The minimum atomic E-state index is -1.35. The molecule has 0 unspecified atom stereocenters. The minimum absolute atomic E-state index is 0.0295. The molecule has 0 radical (unpaired) electrons. The highest BCUT2D eigenvalue weighted by Crippen LogP contribution is 2.28. The maximum absolute atomic E-state index is 13.9. The summed E-state index contributed by atoms with van der Waals surface area (Å²) in [5.41, 5.74) is 4.03. The monoisotopic (exact) mass is 549 g/mol. The van der Waals surface area contributed by atoms with Crippen LogP contribution >= 0.6 is 0 Å². The average molecular weight is 550 g/mol. The van der Waals surface area contributed by atoms with Crippen LogP contribution in [-0.4, -0.2) is 40.8 Å². The van der Waals surface area contributed by atoms with E-state index in [1.807, 2.05) is 32.9 Å². The first kappa shape index (κ1) is 30.3. The molecule has 3 aromatic rings. The number of anilines is 2. The van der Waals surface area contributed by atoms with E-state index in [9.17, 15) is 23.9 Å². The lowest BCUT2D eigenvalue weighted by Gasteiger charge is -2.29. The van der Waals surface area contributed by atoms with Crippen molar-refractivity contribution in [2.75, 3.05) is 10.6 Å². The predicted octanol–water partition coefficient (Wildman–Crippen LogP) is 6.45. The predicted molar refractivity (Wildman–Crippen MR) is 154 cm³/mol. The molecule has 0 aromatic heterocycles. The number of hydrogen-bond acceptors (Lipinski definition) is 4. The van der Waals surface area contributed by atoms with Gasteiger partial charge < -0.3 is 25.8 Å². The highest BCUT2D eigenvalue weighted by Gasteiger charge is 2.31. The third kappa shape index (κ3) is 7.89. The van der Waals surface area contributed by atoms with Crippen LogP contribution in [0.25, 0.3) is 11.1 Å². The molecule has 0 aliphatic rings. The highest BCUT2D eigenvalue weighted by atomic mass is 19.1. The molecule has 212 valence electrons. The molecule has 0 bridgehead atoms. The molecule has 8 nitrogen and oxygen atoms in total. The smallest absolute Gasteiger partial charge is 0.328 e. The number of amides is 3. The first-order valence-electron chi connectivity index (χ1n) is 12.9. The van der Waals surface area contributed by atoms with Gasteiger partial charge in [-0.2, -0.15) is 0 Å². The number of benzene rings is 3. The van der Waals surface area contributed by atoms with Gasteiger partial charge in [0.15, 0.2) is 6.04 Å². The summed E-state index contributed by atoms with van der Waals surface area (Å²) < 4.78 is 19.7. The van der Waals surface area contributed by atoms with Crippen molar-refractivity contribution in [2.45, 2.75) is 66.2 Å². The Labute approximate surface area is 233 Å². The van der Waals surface area contributed by atoms with Gasteiger partial charge in [0.05, 0.1) is 23.0 Å². The first-order valence-corrected chi connectivity index (χ1v) is 12.9. The Morgan fingerprint density at radius 3 is 2.10 bits per heavy atom. The zero-order valence-corrected chi connectivity index (χ0v) is 23.8. The molecule has 0 spiro atoms. The van der Waals surface area contributed by atoms with Gasteiger partial charge in [-0.3, -0.25) is 4.79 Å². The second-order valence-electron chi connectivity index (χ2n) is 10.8. The lowest BCUT2D eigenvalue weighted by molar-refractivity contribution is -0.146. The molecule has 0 aliphatic heterocycles. The quantitative estimate of drug-likeness (QED) is 0.258. The summed E-state index contributed by atoms with van der Waals surface area (Å²) in [6.07, 6.45) is -0.847. The topological polar surface area (TPSA) is 117 Å². The SMILES string of the molecule is Cc1cc(C)c(NC(=O)Nc2cc(-c3cccc(F)c3)ccc2C(=O)N[C@H](C(=O)O)[C@@H](C)OC(C)(C)C)c(C)c1. The molecule has 9 heteroatoms. The molecule has 0 aliphatic carbocycles. The van der Waals surface area contributed by atoms with Gasteiger partial charge in [-0.1, -0.05) is 35.9 Å². The van der Waals surface area contributed by atoms with Gasteiger partial charge >= 0.3 is 12.0 Å². The maximum atomic E-state index is 13.9. The molecule has 0 saturated carbocycles. The Bertz CT molecular complexity index is 1410. The van der Waals surface area contributed by atoms with Gasteiger partial charge in [-0.05, 0) is 95.0 Å². The van der Waals surface area contributed by atoms with Crippen LogP contribution in [0.15, 0.2) is 54.6 Å². The number of carboxylic acids is 1. The summed E-state index contributed by atoms with van der Waals surface area (Å²) >= 11 is 0. The van der Waals surface area contributed by atoms with E-state index < -0.39 is 41.5 Å². The summed E-state index contributed by atoms with van der Waals surface area (Å²) in [5, 5.41) is 17.9. The van der Waals surface area contributed by atoms with E-state index in [4.69, 9.17) is 4.74 Å². The van der Waals surface area contributed by atoms with Crippen molar-refractivity contribution in [1.82, 2.24) is 5.32 Å². The lowest BCUT2D eigenvalue weighted by Crippen LogP contribution is -2.50. The highest BCUT2D eigenvalue weighted by molar-refractivity contribution is 6.08. The molecule has 3 amide bonds. The normalized spacial score (nSPS) is 12.8. The summed E-state index contributed by atoms with van der Waals surface area (Å²) in [4.78, 5) is 38.5. The van der Waals surface area contributed by atoms with E-state index in [0.29, 0.717) is 16.8 Å². The second-order valence-corrected chi connectivity index (χ2v) is 10.8. The number of rotatable bonds is 8. The van der Waals surface area contributed by atoms with Gasteiger partial charge in [-0.15, -0.1) is 0 Å². The Morgan fingerprint density at radius 2 is 1.52 bits per heavy atom. The summed E-state index contributed by atoms with van der Waals surface area (Å²) in [5.74, 6) is -2.42. The number of halogens is 1. The number of hydrogen-bond donors (Lipinski definition) is 4. The van der Waals surface area contributed by atoms with Crippen molar-refractivity contribution in [1.29, 1.82) is 0 Å². The summed E-state index contributed by atoms with van der Waals surface area (Å²) in [7, 11) is 0. The Balaban J connectivity index is 1.97. The van der Waals surface area contributed by atoms with Crippen LogP contribution in [-0.2, 0) is 9.53 Å². The van der Waals surface area contributed by atoms with Crippen LogP contribution in [0.4, 0.5) is 20.6 Å². The molecule has 2 atom stereocenters. The van der Waals surface area contributed by atoms with Crippen molar-refractivity contribution >= 4 is 29.3 Å². The van der Waals surface area contributed by atoms with Crippen LogP contribution in [0.1, 0.15) is 54.7 Å². The molecular formula is C31H36FN3O5. The Morgan fingerprint density at radius 1 is 0.900 bits per heavy atom. The van der Waals surface area contributed by atoms with Crippen molar-refractivity contribution in [2.24, 2.45) is 0 Å². The van der Waals surface area contributed by atoms with E-state index >= 15 is 0 Å². The number of carbonyl (C=O) groups excluding carboxylic acids is 2. The average Bonchev–Trinajstić information content (AvgIpc) is 2.83. The zero-order chi connectivity index (χ0) is 29.8. The lowest BCUT2D eigenvalue weighted by atomic mass is 10.0. The molecule has 0 heterocycles. The second kappa shape index (κ2) is 12.3. The largest absolute Gasteiger partial charge is 0.480 e. The summed E-state index contributed by atoms with van der Waals surface area (Å²) in [6, 6.07) is 12.5. The van der Waals surface area contributed by atoms with Crippen molar-refractivity contribution < 1.29 is 28.6 Å². The fourth-order valence-electron chi connectivity index (χ4n) is 4.56. The number of carbonyl (C=O) groups is 3. The number of aliphatic carboxylic acids is 1. The van der Waals surface area contributed by atoms with E-state index in [1.54, 1.807) is 52.0 Å². The maximum Gasteiger partial charge on any atom is 0.328 e. The van der Waals surface area contributed by atoms with E-state index in [0.717, 1.165) is 16.7 Å². The van der Waals surface area contributed by atoms with Crippen LogP contribution in [0.5, 0.6) is 0 Å². The van der Waals surface area contributed by atoms with Crippen LogP contribution in [0.2, 0.25) is 0 Å². The molecule has 3 rings (SSSR count). The number of urea groups is 1. The number of carboxylic acid groups (broad SMARTS) is 1. The molecular weight excluding hydrogens is 513 g/mol. The van der Waals surface area contributed by atoms with Crippen LogP contribution in [0.3, 0.4) is 0 Å². The Kier molecular flexibility index (Phi) is 9.32. The van der Waals surface area contributed by atoms with Gasteiger partial charge in [0.25, 0.3) is 5.91 Å². The third-order valence-corrected chi connectivity index (χ3v) is 6.15. The molecule has 40 heavy (non-hydrogen) atoms.